The van der Waals surface area contributed by atoms with E-state index in [9.17, 15) is 9.59 Å². The molecule has 146 valence electrons. The van der Waals surface area contributed by atoms with Gasteiger partial charge in [-0.05, 0) is 25.2 Å². The van der Waals surface area contributed by atoms with Crippen molar-refractivity contribution in [1.82, 2.24) is 10.6 Å². The lowest BCUT2D eigenvalue weighted by Crippen LogP contribution is -2.47. The molecule has 2 N–H and O–H groups in total. The quantitative estimate of drug-likeness (QED) is 0.394. The van der Waals surface area contributed by atoms with Gasteiger partial charge in [0.25, 0.3) is 0 Å². The number of nitrogens with one attached hydrogen (secondary N) is 2. The molecule has 0 aromatic heterocycles. The Morgan fingerprint density at radius 2 is 1.36 bits per heavy atom. The molecule has 0 aliphatic heterocycles. The van der Waals surface area contributed by atoms with Gasteiger partial charge in [-0.2, -0.15) is 0 Å². The summed E-state index contributed by atoms with van der Waals surface area (Å²) in [6.07, 6.45) is 17.3. The number of amides is 2. The summed E-state index contributed by atoms with van der Waals surface area (Å²) in [4.78, 5) is 23.8. The number of carbonyl (C=O) groups excluding carboxylic acids is 2. The molecule has 0 saturated heterocycles. The SMILES string of the molecule is CCCCCCCCCCCCNC(=O)C(=O)N[C@H]1CCCC[C@@H]1C. The minimum Gasteiger partial charge on any atom is -0.348 e. The highest BCUT2D eigenvalue weighted by Crippen LogP contribution is 2.23. The zero-order chi connectivity index (χ0) is 18.3. The molecule has 0 aromatic rings. The fourth-order valence-electron chi connectivity index (χ4n) is 3.66. The Morgan fingerprint density at radius 1 is 0.800 bits per heavy atom. The van der Waals surface area contributed by atoms with Gasteiger partial charge in [0.1, 0.15) is 0 Å². The predicted octanol–water partition coefficient (Wildman–Crippen LogP) is 4.72. The summed E-state index contributed by atoms with van der Waals surface area (Å²) < 4.78 is 0. The van der Waals surface area contributed by atoms with Crippen LogP contribution in [0.1, 0.15) is 104 Å². The summed E-state index contributed by atoms with van der Waals surface area (Å²) in [5.74, 6) is -0.438. The van der Waals surface area contributed by atoms with Gasteiger partial charge >= 0.3 is 11.8 Å². The number of hydrogen-bond acceptors (Lipinski definition) is 2. The molecule has 1 saturated carbocycles. The molecule has 0 heterocycles. The van der Waals surface area contributed by atoms with Crippen molar-refractivity contribution in [2.75, 3.05) is 6.54 Å². The average Bonchev–Trinajstić information content (AvgIpc) is 2.61. The largest absolute Gasteiger partial charge is 0.348 e. The maximum absolute atomic E-state index is 11.9. The molecule has 2 atom stereocenters. The second kappa shape index (κ2) is 14.1. The van der Waals surface area contributed by atoms with Crippen LogP contribution in [-0.2, 0) is 9.59 Å². The fraction of sp³-hybridized carbons (Fsp3) is 0.905. The molecule has 0 aromatic carbocycles. The van der Waals surface area contributed by atoms with Crippen molar-refractivity contribution in [2.45, 2.75) is 110 Å². The fourth-order valence-corrected chi connectivity index (χ4v) is 3.66. The first-order valence-electron chi connectivity index (χ1n) is 10.7. The summed E-state index contributed by atoms with van der Waals surface area (Å²) in [6, 6.07) is 0.171. The van der Waals surface area contributed by atoms with E-state index in [1.54, 1.807) is 0 Å². The van der Waals surface area contributed by atoms with Gasteiger partial charge in [-0.25, -0.2) is 0 Å². The molecule has 1 aliphatic carbocycles. The summed E-state index contributed by atoms with van der Waals surface area (Å²) in [5.41, 5.74) is 0. The molecular weight excluding hydrogens is 312 g/mol. The van der Waals surface area contributed by atoms with E-state index in [1.807, 2.05) is 0 Å². The van der Waals surface area contributed by atoms with E-state index in [1.165, 1.54) is 57.8 Å². The Hall–Kier alpha value is -1.06. The zero-order valence-electron chi connectivity index (χ0n) is 16.6. The second-order valence-electron chi connectivity index (χ2n) is 7.78. The molecular formula is C21H40N2O2. The van der Waals surface area contributed by atoms with Gasteiger partial charge in [-0.15, -0.1) is 0 Å². The van der Waals surface area contributed by atoms with E-state index in [2.05, 4.69) is 24.5 Å². The molecule has 1 fully saturated rings. The van der Waals surface area contributed by atoms with Crippen molar-refractivity contribution in [2.24, 2.45) is 5.92 Å². The van der Waals surface area contributed by atoms with Crippen LogP contribution in [0.2, 0.25) is 0 Å². The van der Waals surface area contributed by atoms with E-state index >= 15 is 0 Å². The molecule has 25 heavy (non-hydrogen) atoms. The molecule has 4 nitrogen and oxygen atoms in total. The van der Waals surface area contributed by atoms with E-state index in [0.29, 0.717) is 12.5 Å². The van der Waals surface area contributed by atoms with Gasteiger partial charge < -0.3 is 10.6 Å². The van der Waals surface area contributed by atoms with Crippen LogP contribution >= 0.6 is 0 Å². The lowest BCUT2D eigenvalue weighted by Gasteiger charge is -2.29. The molecule has 0 bridgehead atoms. The van der Waals surface area contributed by atoms with E-state index in [-0.39, 0.29) is 6.04 Å². The highest BCUT2D eigenvalue weighted by molar-refractivity contribution is 6.35. The lowest BCUT2D eigenvalue weighted by atomic mass is 9.86. The van der Waals surface area contributed by atoms with Crippen LogP contribution in [0.3, 0.4) is 0 Å². The normalized spacial score (nSPS) is 20.2. The lowest BCUT2D eigenvalue weighted by molar-refractivity contribution is -0.140. The first-order chi connectivity index (χ1) is 12.1. The maximum atomic E-state index is 11.9. The monoisotopic (exact) mass is 352 g/mol. The van der Waals surface area contributed by atoms with E-state index in [4.69, 9.17) is 0 Å². The molecule has 4 heteroatoms. The standard InChI is InChI=1S/C21H40N2O2/c1-3-4-5-6-7-8-9-10-11-14-17-22-20(24)21(25)23-19-16-13-12-15-18(19)2/h18-19H,3-17H2,1-2H3,(H,22,24)(H,23,25)/t18-,19-/m0/s1. The maximum Gasteiger partial charge on any atom is 0.309 e. The molecule has 1 aliphatic rings. The molecule has 0 radical (unpaired) electrons. The first-order valence-corrected chi connectivity index (χ1v) is 10.7. The van der Waals surface area contributed by atoms with Crippen molar-refractivity contribution in [1.29, 1.82) is 0 Å². The highest BCUT2D eigenvalue weighted by atomic mass is 16.2. The number of carbonyl (C=O) groups is 2. The van der Waals surface area contributed by atoms with Crippen molar-refractivity contribution in [3.63, 3.8) is 0 Å². The van der Waals surface area contributed by atoms with Crippen LogP contribution in [0.25, 0.3) is 0 Å². The van der Waals surface area contributed by atoms with Crippen molar-refractivity contribution >= 4 is 11.8 Å². The van der Waals surface area contributed by atoms with E-state index in [0.717, 1.165) is 32.1 Å². The highest BCUT2D eigenvalue weighted by Gasteiger charge is 2.25. The van der Waals surface area contributed by atoms with Crippen LogP contribution in [0.4, 0.5) is 0 Å². The molecule has 0 spiro atoms. The Labute approximate surface area is 154 Å². The summed E-state index contributed by atoms with van der Waals surface area (Å²) in [7, 11) is 0. The molecule has 2 amide bonds. The van der Waals surface area contributed by atoms with Gasteiger partial charge in [0.2, 0.25) is 0 Å². The Morgan fingerprint density at radius 3 is 1.96 bits per heavy atom. The minimum atomic E-state index is -0.464. The summed E-state index contributed by atoms with van der Waals surface area (Å²) in [5, 5.41) is 5.67. The van der Waals surface area contributed by atoms with Gasteiger partial charge in [0.15, 0.2) is 0 Å². The smallest absolute Gasteiger partial charge is 0.309 e. The topological polar surface area (TPSA) is 58.2 Å². The van der Waals surface area contributed by atoms with Gasteiger partial charge in [-0.3, -0.25) is 9.59 Å². The average molecular weight is 353 g/mol. The zero-order valence-corrected chi connectivity index (χ0v) is 16.6. The van der Waals surface area contributed by atoms with Gasteiger partial charge in [0, 0.05) is 12.6 Å². The molecule has 0 unspecified atom stereocenters. The second-order valence-corrected chi connectivity index (χ2v) is 7.78. The Bertz CT molecular complexity index is 371. The van der Waals surface area contributed by atoms with Crippen molar-refractivity contribution in [3.05, 3.63) is 0 Å². The Balaban J connectivity index is 1.95. The number of unbranched alkanes of at least 4 members (excludes halogenated alkanes) is 9. The summed E-state index contributed by atoms with van der Waals surface area (Å²) in [6.45, 7) is 5.02. The van der Waals surface area contributed by atoms with Crippen molar-refractivity contribution < 1.29 is 9.59 Å². The van der Waals surface area contributed by atoms with Gasteiger partial charge in [0.05, 0.1) is 0 Å². The number of hydrogen-bond donors (Lipinski definition) is 2. The van der Waals surface area contributed by atoms with Crippen molar-refractivity contribution in [3.8, 4) is 0 Å². The third kappa shape index (κ3) is 10.5. The third-order valence-electron chi connectivity index (χ3n) is 5.45. The van der Waals surface area contributed by atoms with Crippen LogP contribution < -0.4 is 10.6 Å². The Kier molecular flexibility index (Phi) is 12.4. The number of rotatable bonds is 12. The minimum absolute atomic E-state index is 0.171. The van der Waals surface area contributed by atoms with Crippen LogP contribution in [0.5, 0.6) is 0 Å². The van der Waals surface area contributed by atoms with E-state index < -0.39 is 11.8 Å². The molecule has 1 rings (SSSR count). The summed E-state index contributed by atoms with van der Waals surface area (Å²) >= 11 is 0. The van der Waals surface area contributed by atoms with Crippen LogP contribution in [-0.4, -0.2) is 24.4 Å². The first kappa shape index (κ1) is 22.0. The van der Waals surface area contributed by atoms with Crippen LogP contribution in [0, 0.1) is 5.92 Å². The van der Waals surface area contributed by atoms with Crippen LogP contribution in [0.15, 0.2) is 0 Å². The van der Waals surface area contributed by atoms with Gasteiger partial charge in [-0.1, -0.05) is 84.5 Å². The predicted molar refractivity (Wildman–Crippen MR) is 104 cm³/mol. The third-order valence-corrected chi connectivity index (χ3v) is 5.45.